The second-order valence-corrected chi connectivity index (χ2v) is 5.51. The van der Waals surface area contributed by atoms with Crippen LogP contribution in [0.4, 0.5) is 13.2 Å². The van der Waals surface area contributed by atoms with Gasteiger partial charge in [0.1, 0.15) is 16.6 Å². The van der Waals surface area contributed by atoms with E-state index in [1.54, 1.807) is 0 Å². The van der Waals surface area contributed by atoms with E-state index in [0.717, 1.165) is 0 Å². The number of halogens is 3. The Morgan fingerprint density at radius 3 is 2.62 bits per heavy atom. The lowest BCUT2D eigenvalue weighted by molar-refractivity contribution is 0.0481. The average Bonchev–Trinajstić information content (AvgIpc) is 2.56. The molecule has 1 heterocycles. The highest BCUT2D eigenvalue weighted by atomic mass is 32.2. The van der Waals surface area contributed by atoms with Crippen LogP contribution in [-0.4, -0.2) is 29.9 Å². The van der Waals surface area contributed by atoms with Crippen molar-refractivity contribution < 1.29 is 27.4 Å². The number of esters is 1. The van der Waals surface area contributed by atoms with Gasteiger partial charge in [0, 0.05) is 12.6 Å². The summed E-state index contributed by atoms with van der Waals surface area (Å²) in [7, 11) is 0. The number of thioether (sulfide) groups is 1. The molecule has 0 fully saturated rings. The summed E-state index contributed by atoms with van der Waals surface area (Å²) in [4.78, 5) is 15.7. The molecular formula is C16H14F3NO3S. The van der Waals surface area contributed by atoms with Crippen molar-refractivity contribution in [1.29, 1.82) is 0 Å². The number of alkyl halides is 2. The molecule has 0 aliphatic carbocycles. The summed E-state index contributed by atoms with van der Waals surface area (Å²) in [6.45, 7) is 0.332. The molecule has 0 atom stereocenters. The summed E-state index contributed by atoms with van der Waals surface area (Å²) in [5, 5.41) is -0.0694. The molecule has 2 rings (SSSR count). The molecule has 0 aliphatic heterocycles. The predicted octanol–water partition coefficient (Wildman–Crippen LogP) is 4.16. The molecule has 0 unspecified atom stereocenters. The van der Waals surface area contributed by atoms with Crippen molar-refractivity contribution in [3.05, 3.63) is 54.0 Å². The molecule has 1 aromatic heterocycles. The fraction of sp³-hybridized carbons (Fsp3) is 0.250. The van der Waals surface area contributed by atoms with Crippen LogP contribution in [0.1, 0.15) is 16.8 Å². The number of ether oxygens (including phenoxy) is 2. The smallest absolute Gasteiger partial charge is 0.340 e. The molecule has 24 heavy (non-hydrogen) atoms. The van der Waals surface area contributed by atoms with Crippen LogP contribution in [0.2, 0.25) is 0 Å². The molecule has 0 saturated heterocycles. The zero-order valence-corrected chi connectivity index (χ0v) is 13.3. The SMILES string of the molecule is O=C(OCCCOc1ccc(F)cc1)c1cccnc1SC(F)F. The number of pyridine rings is 1. The van der Waals surface area contributed by atoms with Crippen LogP contribution in [-0.2, 0) is 4.74 Å². The lowest BCUT2D eigenvalue weighted by Crippen LogP contribution is -2.11. The van der Waals surface area contributed by atoms with Crippen LogP contribution < -0.4 is 4.74 Å². The highest BCUT2D eigenvalue weighted by Crippen LogP contribution is 2.26. The normalized spacial score (nSPS) is 10.7. The summed E-state index contributed by atoms with van der Waals surface area (Å²) in [5.74, 6) is -3.24. The molecule has 8 heteroatoms. The molecule has 0 aliphatic rings. The van der Waals surface area contributed by atoms with Gasteiger partial charge in [-0.3, -0.25) is 0 Å². The van der Waals surface area contributed by atoms with Crippen molar-refractivity contribution in [2.45, 2.75) is 17.2 Å². The van der Waals surface area contributed by atoms with E-state index in [9.17, 15) is 18.0 Å². The van der Waals surface area contributed by atoms with Crippen molar-refractivity contribution in [3.8, 4) is 5.75 Å². The van der Waals surface area contributed by atoms with Gasteiger partial charge in [-0.2, -0.15) is 8.78 Å². The Morgan fingerprint density at radius 2 is 1.92 bits per heavy atom. The van der Waals surface area contributed by atoms with Crippen LogP contribution in [0.15, 0.2) is 47.6 Å². The molecular weight excluding hydrogens is 343 g/mol. The summed E-state index contributed by atoms with van der Waals surface area (Å²) in [5.41, 5.74) is 0.00209. The fourth-order valence-corrected chi connectivity index (χ4v) is 2.32. The second-order valence-electron chi connectivity index (χ2n) is 4.53. The van der Waals surface area contributed by atoms with Gasteiger partial charge < -0.3 is 9.47 Å². The summed E-state index contributed by atoms with van der Waals surface area (Å²) >= 11 is 0.195. The maximum Gasteiger partial charge on any atom is 0.340 e. The molecule has 0 spiro atoms. The number of benzene rings is 1. The highest BCUT2D eigenvalue weighted by Gasteiger charge is 2.17. The third-order valence-electron chi connectivity index (χ3n) is 2.80. The van der Waals surface area contributed by atoms with Crippen LogP contribution in [0.25, 0.3) is 0 Å². The maximum atomic E-state index is 12.7. The number of hydrogen-bond acceptors (Lipinski definition) is 5. The molecule has 2 aromatic rings. The number of carbonyl (C=O) groups is 1. The quantitative estimate of drug-likeness (QED) is 0.403. The Kier molecular flexibility index (Phi) is 6.92. The molecule has 0 N–H and O–H groups in total. The molecule has 0 bridgehead atoms. The van der Waals surface area contributed by atoms with Gasteiger partial charge in [-0.1, -0.05) is 0 Å². The zero-order chi connectivity index (χ0) is 17.4. The largest absolute Gasteiger partial charge is 0.493 e. The van der Waals surface area contributed by atoms with E-state index < -0.39 is 11.7 Å². The van der Waals surface area contributed by atoms with Gasteiger partial charge in [-0.15, -0.1) is 0 Å². The summed E-state index contributed by atoms with van der Waals surface area (Å²) in [6.07, 6.45) is 1.73. The van der Waals surface area contributed by atoms with Gasteiger partial charge in [0.05, 0.1) is 18.8 Å². The van der Waals surface area contributed by atoms with Gasteiger partial charge in [0.25, 0.3) is 5.76 Å². The first-order valence-electron chi connectivity index (χ1n) is 7.01. The fourth-order valence-electron chi connectivity index (χ4n) is 1.75. The van der Waals surface area contributed by atoms with Crippen molar-refractivity contribution in [2.24, 2.45) is 0 Å². The lowest BCUT2D eigenvalue weighted by Gasteiger charge is -2.09. The first kappa shape index (κ1) is 18.1. The van der Waals surface area contributed by atoms with Crippen LogP contribution >= 0.6 is 11.8 Å². The number of hydrogen-bond donors (Lipinski definition) is 0. The van der Waals surface area contributed by atoms with Gasteiger partial charge in [-0.25, -0.2) is 14.2 Å². The Labute approximate surface area is 141 Å². The average molecular weight is 357 g/mol. The van der Waals surface area contributed by atoms with E-state index in [2.05, 4.69) is 4.98 Å². The van der Waals surface area contributed by atoms with Crippen LogP contribution in [0.5, 0.6) is 5.75 Å². The molecule has 0 saturated carbocycles. The van der Waals surface area contributed by atoms with E-state index in [0.29, 0.717) is 12.2 Å². The van der Waals surface area contributed by atoms with Crippen molar-refractivity contribution in [3.63, 3.8) is 0 Å². The summed E-state index contributed by atoms with van der Waals surface area (Å²) in [6, 6.07) is 8.40. The minimum Gasteiger partial charge on any atom is -0.493 e. The first-order valence-corrected chi connectivity index (χ1v) is 7.89. The topological polar surface area (TPSA) is 48.4 Å². The number of carbonyl (C=O) groups excluding carboxylic acids is 1. The van der Waals surface area contributed by atoms with Crippen LogP contribution in [0, 0.1) is 5.82 Å². The third-order valence-corrected chi connectivity index (χ3v) is 3.52. The third kappa shape index (κ3) is 5.77. The Hall–Kier alpha value is -2.22. The van der Waals surface area contributed by atoms with E-state index in [1.165, 1.54) is 42.6 Å². The number of rotatable bonds is 8. The van der Waals surface area contributed by atoms with E-state index in [-0.39, 0.29) is 41.4 Å². The standard InChI is InChI=1S/C16H14F3NO3S/c17-11-4-6-12(7-5-11)22-9-2-10-23-15(21)13-3-1-8-20-14(13)24-16(18)19/h1,3-8,16H,2,9-10H2. The van der Waals surface area contributed by atoms with Gasteiger partial charge in [0.15, 0.2) is 0 Å². The van der Waals surface area contributed by atoms with E-state index in [4.69, 9.17) is 9.47 Å². The van der Waals surface area contributed by atoms with Gasteiger partial charge >= 0.3 is 5.97 Å². The molecule has 0 amide bonds. The van der Waals surface area contributed by atoms with Crippen molar-refractivity contribution in [1.82, 2.24) is 4.98 Å². The van der Waals surface area contributed by atoms with Gasteiger partial charge in [0.2, 0.25) is 0 Å². The van der Waals surface area contributed by atoms with Crippen molar-refractivity contribution in [2.75, 3.05) is 13.2 Å². The minimum absolute atomic E-state index is 0.00209. The Bertz CT molecular complexity index is 668. The van der Waals surface area contributed by atoms with Crippen molar-refractivity contribution >= 4 is 17.7 Å². The maximum absolute atomic E-state index is 12.7. The first-order chi connectivity index (χ1) is 11.6. The minimum atomic E-state index is -2.67. The lowest BCUT2D eigenvalue weighted by atomic mass is 10.3. The number of nitrogens with zero attached hydrogens (tertiary/aromatic N) is 1. The zero-order valence-electron chi connectivity index (χ0n) is 12.5. The van der Waals surface area contributed by atoms with E-state index >= 15 is 0 Å². The molecule has 4 nitrogen and oxygen atoms in total. The second kappa shape index (κ2) is 9.17. The summed E-state index contributed by atoms with van der Waals surface area (Å²) < 4.78 is 48.0. The highest BCUT2D eigenvalue weighted by molar-refractivity contribution is 7.99. The predicted molar refractivity (Wildman–Crippen MR) is 82.9 cm³/mol. The molecule has 0 radical (unpaired) electrons. The Morgan fingerprint density at radius 1 is 1.17 bits per heavy atom. The monoisotopic (exact) mass is 357 g/mol. The molecule has 128 valence electrons. The Balaban J connectivity index is 1.76. The van der Waals surface area contributed by atoms with Crippen LogP contribution in [0.3, 0.4) is 0 Å². The van der Waals surface area contributed by atoms with E-state index in [1.807, 2.05) is 0 Å². The molecule has 1 aromatic carbocycles. The van der Waals surface area contributed by atoms with Gasteiger partial charge in [-0.05, 0) is 48.2 Å². The number of aromatic nitrogens is 1.